The molecule has 0 bridgehead atoms. The molecule has 0 aliphatic carbocycles. The molecular formula is C16H15N. The molecule has 0 aliphatic rings. The molecule has 17 heavy (non-hydrogen) atoms. The molecular weight excluding hydrogens is 206 g/mol. The van der Waals surface area contributed by atoms with Gasteiger partial charge < -0.3 is 0 Å². The number of hydrogen-bond donors (Lipinski definition) is 0. The molecule has 2 rings (SSSR count). The molecule has 0 atom stereocenters. The van der Waals surface area contributed by atoms with Gasteiger partial charge in [0.05, 0.1) is 5.69 Å². The van der Waals surface area contributed by atoms with Crippen LogP contribution in [0.3, 0.4) is 0 Å². The molecule has 1 heterocycles. The molecule has 0 unspecified atom stereocenters. The Hall–Kier alpha value is -2.15. The summed E-state index contributed by atoms with van der Waals surface area (Å²) in [5, 5.41) is 0. The SMILES string of the molecule is CC(=CC=Cc1ccccn1)c1ccccc1. The molecule has 1 nitrogen and oxygen atoms in total. The van der Waals surface area contributed by atoms with Crippen LogP contribution in [0.15, 0.2) is 66.9 Å². The van der Waals surface area contributed by atoms with Gasteiger partial charge in [-0.2, -0.15) is 0 Å². The van der Waals surface area contributed by atoms with Crippen LogP contribution in [-0.4, -0.2) is 4.98 Å². The second-order valence-electron chi connectivity index (χ2n) is 3.83. The Morgan fingerprint density at radius 3 is 2.47 bits per heavy atom. The number of allylic oxidation sites excluding steroid dienone is 3. The maximum Gasteiger partial charge on any atom is 0.0629 e. The lowest BCUT2D eigenvalue weighted by molar-refractivity contribution is 1.30. The summed E-state index contributed by atoms with van der Waals surface area (Å²) < 4.78 is 0. The standard InChI is InChI=1S/C16H15N/c1-14(15-9-3-2-4-10-15)8-7-12-16-11-5-6-13-17-16/h2-13H,1H3. The van der Waals surface area contributed by atoms with E-state index in [1.807, 2.05) is 36.4 Å². The van der Waals surface area contributed by atoms with Crippen LogP contribution in [0.2, 0.25) is 0 Å². The van der Waals surface area contributed by atoms with Gasteiger partial charge >= 0.3 is 0 Å². The summed E-state index contributed by atoms with van der Waals surface area (Å²) >= 11 is 0. The van der Waals surface area contributed by atoms with Gasteiger partial charge in [-0.05, 0) is 36.3 Å². The number of benzene rings is 1. The lowest BCUT2D eigenvalue weighted by atomic mass is 10.1. The molecule has 1 aromatic heterocycles. The van der Waals surface area contributed by atoms with Crippen LogP contribution in [0.1, 0.15) is 18.2 Å². The predicted molar refractivity (Wildman–Crippen MR) is 73.4 cm³/mol. The Balaban J connectivity index is 2.09. The highest BCUT2D eigenvalue weighted by atomic mass is 14.6. The van der Waals surface area contributed by atoms with Crippen molar-refractivity contribution in [3.63, 3.8) is 0 Å². The minimum absolute atomic E-state index is 0.976. The van der Waals surface area contributed by atoms with E-state index in [0.29, 0.717) is 0 Å². The molecule has 0 N–H and O–H groups in total. The van der Waals surface area contributed by atoms with Crippen LogP contribution >= 0.6 is 0 Å². The Labute approximate surface area is 102 Å². The number of pyridine rings is 1. The Bertz CT molecular complexity index is 510. The van der Waals surface area contributed by atoms with E-state index in [-0.39, 0.29) is 0 Å². The van der Waals surface area contributed by atoms with Crippen molar-refractivity contribution in [1.82, 2.24) is 4.98 Å². The first-order chi connectivity index (χ1) is 8.36. The van der Waals surface area contributed by atoms with Crippen LogP contribution in [0, 0.1) is 0 Å². The zero-order valence-corrected chi connectivity index (χ0v) is 9.88. The van der Waals surface area contributed by atoms with Crippen molar-refractivity contribution in [3.05, 3.63) is 78.1 Å². The van der Waals surface area contributed by atoms with Crippen LogP contribution in [0.5, 0.6) is 0 Å². The Morgan fingerprint density at radius 2 is 1.76 bits per heavy atom. The van der Waals surface area contributed by atoms with Crippen LogP contribution in [0.4, 0.5) is 0 Å². The fourth-order valence-electron chi connectivity index (χ4n) is 1.56. The Morgan fingerprint density at radius 1 is 1.00 bits per heavy atom. The first kappa shape index (κ1) is 11.3. The highest BCUT2D eigenvalue weighted by Crippen LogP contribution is 2.12. The zero-order chi connectivity index (χ0) is 11.9. The molecule has 0 fully saturated rings. The topological polar surface area (TPSA) is 12.9 Å². The smallest absolute Gasteiger partial charge is 0.0629 e. The number of hydrogen-bond acceptors (Lipinski definition) is 1. The van der Waals surface area contributed by atoms with E-state index < -0.39 is 0 Å². The molecule has 0 radical (unpaired) electrons. The van der Waals surface area contributed by atoms with Crippen molar-refractivity contribution in [2.45, 2.75) is 6.92 Å². The van der Waals surface area contributed by atoms with Crippen LogP contribution in [-0.2, 0) is 0 Å². The lowest BCUT2D eigenvalue weighted by Gasteiger charge is -1.98. The summed E-state index contributed by atoms with van der Waals surface area (Å²) in [6.45, 7) is 2.11. The molecule has 0 saturated carbocycles. The van der Waals surface area contributed by atoms with Crippen molar-refractivity contribution in [1.29, 1.82) is 0 Å². The second kappa shape index (κ2) is 5.80. The first-order valence-electron chi connectivity index (χ1n) is 5.68. The summed E-state index contributed by atoms with van der Waals surface area (Å²) in [4.78, 5) is 4.23. The summed E-state index contributed by atoms with van der Waals surface area (Å²) in [6.07, 6.45) is 7.94. The van der Waals surface area contributed by atoms with E-state index in [9.17, 15) is 0 Å². The predicted octanol–water partition coefficient (Wildman–Crippen LogP) is 4.20. The number of nitrogens with zero attached hydrogens (tertiary/aromatic N) is 1. The highest BCUT2D eigenvalue weighted by Gasteiger charge is 1.90. The highest BCUT2D eigenvalue weighted by molar-refractivity contribution is 5.66. The summed E-state index contributed by atoms with van der Waals surface area (Å²) in [7, 11) is 0. The maximum absolute atomic E-state index is 4.23. The maximum atomic E-state index is 4.23. The van der Waals surface area contributed by atoms with Gasteiger partial charge in [0.1, 0.15) is 0 Å². The second-order valence-corrected chi connectivity index (χ2v) is 3.83. The van der Waals surface area contributed by atoms with E-state index in [1.54, 1.807) is 6.20 Å². The van der Waals surface area contributed by atoms with Crippen molar-refractivity contribution >= 4 is 11.6 Å². The Kier molecular flexibility index (Phi) is 3.87. The average molecular weight is 221 g/mol. The van der Waals surface area contributed by atoms with E-state index in [1.165, 1.54) is 11.1 Å². The molecule has 1 heteroatoms. The van der Waals surface area contributed by atoms with Gasteiger partial charge in [0.15, 0.2) is 0 Å². The average Bonchev–Trinajstić information content (AvgIpc) is 2.41. The van der Waals surface area contributed by atoms with E-state index in [0.717, 1.165) is 5.69 Å². The normalized spacial score (nSPS) is 11.9. The van der Waals surface area contributed by atoms with E-state index in [4.69, 9.17) is 0 Å². The van der Waals surface area contributed by atoms with Crippen molar-refractivity contribution in [3.8, 4) is 0 Å². The van der Waals surface area contributed by atoms with Gasteiger partial charge in [-0.15, -0.1) is 0 Å². The van der Waals surface area contributed by atoms with Gasteiger partial charge in [0, 0.05) is 6.20 Å². The minimum Gasteiger partial charge on any atom is -0.257 e. The molecule has 84 valence electrons. The van der Waals surface area contributed by atoms with Gasteiger partial charge in [0.2, 0.25) is 0 Å². The summed E-state index contributed by atoms with van der Waals surface area (Å²) in [5.74, 6) is 0. The van der Waals surface area contributed by atoms with Crippen LogP contribution in [0.25, 0.3) is 11.6 Å². The van der Waals surface area contributed by atoms with Gasteiger partial charge in [-0.25, -0.2) is 0 Å². The molecule has 0 spiro atoms. The monoisotopic (exact) mass is 221 g/mol. The van der Waals surface area contributed by atoms with Crippen molar-refractivity contribution < 1.29 is 0 Å². The third-order valence-electron chi connectivity index (χ3n) is 2.53. The first-order valence-corrected chi connectivity index (χ1v) is 5.68. The third kappa shape index (κ3) is 3.42. The summed E-state index contributed by atoms with van der Waals surface area (Å²) in [5.41, 5.74) is 3.47. The van der Waals surface area contributed by atoms with Crippen LogP contribution < -0.4 is 0 Å². The van der Waals surface area contributed by atoms with Gasteiger partial charge in [-0.3, -0.25) is 4.98 Å². The fraction of sp³-hybridized carbons (Fsp3) is 0.0625. The zero-order valence-electron chi connectivity index (χ0n) is 9.88. The molecule has 1 aromatic carbocycles. The lowest BCUT2D eigenvalue weighted by Crippen LogP contribution is -1.77. The molecule has 0 saturated heterocycles. The molecule has 0 aliphatic heterocycles. The fourth-order valence-corrected chi connectivity index (χ4v) is 1.56. The van der Waals surface area contributed by atoms with Gasteiger partial charge in [0.25, 0.3) is 0 Å². The van der Waals surface area contributed by atoms with Crippen molar-refractivity contribution in [2.24, 2.45) is 0 Å². The molecule has 2 aromatic rings. The third-order valence-corrected chi connectivity index (χ3v) is 2.53. The summed E-state index contributed by atoms with van der Waals surface area (Å²) in [6, 6.07) is 16.2. The largest absolute Gasteiger partial charge is 0.257 e. The minimum atomic E-state index is 0.976. The number of aromatic nitrogens is 1. The van der Waals surface area contributed by atoms with E-state index in [2.05, 4.69) is 42.2 Å². The van der Waals surface area contributed by atoms with Gasteiger partial charge in [-0.1, -0.05) is 48.6 Å². The number of rotatable bonds is 3. The quantitative estimate of drug-likeness (QED) is 0.708. The molecule has 0 amide bonds. The van der Waals surface area contributed by atoms with E-state index >= 15 is 0 Å². The van der Waals surface area contributed by atoms with Crippen molar-refractivity contribution in [2.75, 3.05) is 0 Å².